The fraction of sp³-hybridized carbons (Fsp3) is 0.500. The Hall–Kier alpha value is -1.02. The molecular weight excluding hydrogens is 176 g/mol. The number of aliphatic hydroxyl groups excluding tert-OH is 1. The molecule has 0 fully saturated rings. The molecule has 0 saturated carbocycles. The summed E-state index contributed by atoms with van der Waals surface area (Å²) in [5.41, 5.74) is 1.17. The highest BCUT2D eigenvalue weighted by Gasteiger charge is 2.14. The molecule has 2 atom stereocenters. The molecule has 0 amide bonds. The Balaban J connectivity index is 2.84. The van der Waals surface area contributed by atoms with Gasteiger partial charge in [0.15, 0.2) is 0 Å². The van der Waals surface area contributed by atoms with E-state index in [1.165, 1.54) is 5.56 Å². The van der Waals surface area contributed by atoms with Crippen molar-refractivity contribution in [3.63, 3.8) is 0 Å². The minimum absolute atomic E-state index is 0.223. The Morgan fingerprint density at radius 2 is 1.86 bits per heavy atom. The number of hydrogen-bond acceptors (Lipinski definition) is 2. The van der Waals surface area contributed by atoms with Crippen molar-refractivity contribution in [2.45, 2.75) is 32.3 Å². The van der Waals surface area contributed by atoms with Crippen LogP contribution in [-0.4, -0.2) is 18.3 Å². The third kappa shape index (κ3) is 2.48. The normalized spacial score (nSPS) is 14.9. The molecule has 0 spiro atoms. The molecule has 1 aromatic carbocycles. The monoisotopic (exact) mass is 194 g/mol. The predicted octanol–water partition coefficient (Wildman–Crippen LogP) is 2.57. The standard InChI is InChI=1S/C12H18O2/c1-4-12(9(2)13)10-5-7-11(14-3)8-6-10/h5-9,12-13H,4H2,1-3H3. The Kier molecular flexibility index (Phi) is 3.96. The summed E-state index contributed by atoms with van der Waals surface area (Å²) in [5, 5.41) is 9.56. The van der Waals surface area contributed by atoms with Gasteiger partial charge in [-0.2, -0.15) is 0 Å². The first kappa shape index (κ1) is 11.1. The van der Waals surface area contributed by atoms with E-state index in [9.17, 15) is 5.11 Å². The third-order valence-electron chi connectivity index (χ3n) is 2.57. The van der Waals surface area contributed by atoms with Crippen LogP contribution in [0.15, 0.2) is 24.3 Å². The van der Waals surface area contributed by atoms with E-state index in [0.717, 1.165) is 12.2 Å². The summed E-state index contributed by atoms with van der Waals surface area (Å²) < 4.78 is 5.08. The van der Waals surface area contributed by atoms with Crippen LogP contribution in [0, 0.1) is 0 Å². The van der Waals surface area contributed by atoms with Gasteiger partial charge in [0.1, 0.15) is 5.75 Å². The lowest BCUT2D eigenvalue weighted by molar-refractivity contribution is 0.159. The molecule has 1 N–H and O–H groups in total. The molecule has 0 aliphatic heterocycles. The summed E-state index contributed by atoms with van der Waals surface area (Å²) in [5.74, 6) is 1.08. The van der Waals surface area contributed by atoms with Crippen molar-refractivity contribution >= 4 is 0 Å². The van der Waals surface area contributed by atoms with E-state index in [0.29, 0.717) is 0 Å². The molecule has 0 bridgehead atoms. The van der Waals surface area contributed by atoms with Gasteiger partial charge in [-0.25, -0.2) is 0 Å². The van der Waals surface area contributed by atoms with Gasteiger partial charge in [0.05, 0.1) is 13.2 Å². The van der Waals surface area contributed by atoms with Gasteiger partial charge < -0.3 is 9.84 Å². The maximum atomic E-state index is 9.56. The molecule has 0 radical (unpaired) electrons. The second-order valence-electron chi connectivity index (χ2n) is 3.53. The van der Waals surface area contributed by atoms with Crippen LogP contribution in [0.5, 0.6) is 5.75 Å². The average molecular weight is 194 g/mol. The Morgan fingerprint density at radius 1 is 1.29 bits per heavy atom. The quantitative estimate of drug-likeness (QED) is 0.798. The topological polar surface area (TPSA) is 29.5 Å². The minimum atomic E-state index is -0.298. The molecule has 0 aliphatic rings. The second kappa shape index (κ2) is 5.01. The molecule has 0 aromatic heterocycles. The van der Waals surface area contributed by atoms with Gasteiger partial charge in [-0.05, 0) is 31.0 Å². The zero-order valence-electron chi connectivity index (χ0n) is 9.03. The van der Waals surface area contributed by atoms with Crippen LogP contribution < -0.4 is 4.74 Å². The fourth-order valence-corrected chi connectivity index (χ4v) is 1.71. The Morgan fingerprint density at radius 3 is 2.21 bits per heavy atom. The highest BCUT2D eigenvalue weighted by molar-refractivity contribution is 5.29. The number of rotatable bonds is 4. The van der Waals surface area contributed by atoms with Crippen LogP contribution >= 0.6 is 0 Å². The number of ether oxygens (including phenoxy) is 1. The van der Waals surface area contributed by atoms with Gasteiger partial charge >= 0.3 is 0 Å². The second-order valence-corrected chi connectivity index (χ2v) is 3.53. The molecule has 0 aliphatic carbocycles. The molecule has 1 rings (SSSR count). The van der Waals surface area contributed by atoms with Crippen LogP contribution in [0.25, 0.3) is 0 Å². The summed E-state index contributed by atoms with van der Waals surface area (Å²) in [6, 6.07) is 7.89. The number of methoxy groups -OCH3 is 1. The van der Waals surface area contributed by atoms with E-state index in [1.807, 2.05) is 31.2 Å². The summed E-state index contributed by atoms with van der Waals surface area (Å²) in [6.45, 7) is 3.92. The summed E-state index contributed by atoms with van der Waals surface area (Å²) >= 11 is 0. The van der Waals surface area contributed by atoms with Crippen molar-refractivity contribution in [1.29, 1.82) is 0 Å². The van der Waals surface area contributed by atoms with Crippen molar-refractivity contribution < 1.29 is 9.84 Å². The van der Waals surface area contributed by atoms with Crippen LogP contribution in [0.2, 0.25) is 0 Å². The first-order valence-electron chi connectivity index (χ1n) is 5.01. The van der Waals surface area contributed by atoms with Crippen molar-refractivity contribution in [1.82, 2.24) is 0 Å². The van der Waals surface area contributed by atoms with Gasteiger partial charge in [-0.1, -0.05) is 19.1 Å². The molecule has 2 heteroatoms. The molecule has 2 nitrogen and oxygen atoms in total. The van der Waals surface area contributed by atoms with E-state index in [1.54, 1.807) is 7.11 Å². The van der Waals surface area contributed by atoms with Crippen LogP contribution in [0.4, 0.5) is 0 Å². The zero-order chi connectivity index (χ0) is 10.6. The summed E-state index contributed by atoms with van der Waals surface area (Å²) in [6.07, 6.45) is 0.651. The molecule has 2 unspecified atom stereocenters. The van der Waals surface area contributed by atoms with Gasteiger partial charge in [0.2, 0.25) is 0 Å². The lowest BCUT2D eigenvalue weighted by atomic mass is 9.92. The molecule has 1 aromatic rings. The van der Waals surface area contributed by atoms with E-state index in [-0.39, 0.29) is 12.0 Å². The number of benzene rings is 1. The Labute approximate surface area is 85.5 Å². The van der Waals surface area contributed by atoms with Gasteiger partial charge in [-0.15, -0.1) is 0 Å². The maximum absolute atomic E-state index is 9.56. The highest BCUT2D eigenvalue weighted by Crippen LogP contribution is 2.24. The van der Waals surface area contributed by atoms with Crippen LogP contribution in [-0.2, 0) is 0 Å². The largest absolute Gasteiger partial charge is 0.497 e. The van der Waals surface area contributed by atoms with Crippen LogP contribution in [0.3, 0.4) is 0 Å². The van der Waals surface area contributed by atoms with E-state index < -0.39 is 0 Å². The number of aliphatic hydroxyl groups is 1. The lowest BCUT2D eigenvalue weighted by Crippen LogP contribution is -2.13. The molecule has 0 heterocycles. The SMILES string of the molecule is CCC(c1ccc(OC)cc1)C(C)O. The van der Waals surface area contributed by atoms with E-state index in [4.69, 9.17) is 4.74 Å². The molecule has 14 heavy (non-hydrogen) atoms. The first-order chi connectivity index (χ1) is 6.69. The third-order valence-corrected chi connectivity index (χ3v) is 2.57. The summed E-state index contributed by atoms with van der Waals surface area (Å²) in [7, 11) is 1.65. The smallest absolute Gasteiger partial charge is 0.118 e. The Bertz CT molecular complexity index is 264. The molecule has 0 saturated heterocycles. The van der Waals surface area contributed by atoms with Crippen molar-refractivity contribution in [3.8, 4) is 5.75 Å². The van der Waals surface area contributed by atoms with Gasteiger partial charge in [-0.3, -0.25) is 0 Å². The van der Waals surface area contributed by atoms with Crippen molar-refractivity contribution in [2.75, 3.05) is 7.11 Å². The molecular formula is C12H18O2. The lowest BCUT2D eigenvalue weighted by Gasteiger charge is -2.18. The molecule has 78 valence electrons. The van der Waals surface area contributed by atoms with Crippen molar-refractivity contribution in [3.05, 3.63) is 29.8 Å². The zero-order valence-corrected chi connectivity index (χ0v) is 9.03. The van der Waals surface area contributed by atoms with E-state index >= 15 is 0 Å². The predicted molar refractivity (Wildman–Crippen MR) is 57.7 cm³/mol. The maximum Gasteiger partial charge on any atom is 0.118 e. The fourth-order valence-electron chi connectivity index (χ4n) is 1.71. The highest BCUT2D eigenvalue weighted by atomic mass is 16.5. The van der Waals surface area contributed by atoms with Crippen molar-refractivity contribution in [2.24, 2.45) is 0 Å². The van der Waals surface area contributed by atoms with Crippen LogP contribution in [0.1, 0.15) is 31.7 Å². The average Bonchev–Trinajstić information content (AvgIpc) is 2.19. The van der Waals surface area contributed by atoms with E-state index in [2.05, 4.69) is 6.92 Å². The van der Waals surface area contributed by atoms with Gasteiger partial charge in [0.25, 0.3) is 0 Å². The van der Waals surface area contributed by atoms with Gasteiger partial charge in [0, 0.05) is 5.92 Å². The number of hydrogen-bond donors (Lipinski definition) is 1. The first-order valence-corrected chi connectivity index (χ1v) is 5.01. The minimum Gasteiger partial charge on any atom is -0.497 e. The summed E-state index contributed by atoms with van der Waals surface area (Å²) in [4.78, 5) is 0.